The largest absolute Gasteiger partial charge is 0.370 e. The number of hydrogen-bond donors (Lipinski definition) is 1. The number of nitrogens with zero attached hydrogens (tertiary/aromatic N) is 3. The summed E-state index contributed by atoms with van der Waals surface area (Å²) in [6, 6.07) is 11.0. The van der Waals surface area contributed by atoms with E-state index in [1.54, 1.807) is 15.9 Å². The number of halogens is 1. The number of aromatic nitrogens is 3. The Bertz CT molecular complexity index is 1010. The van der Waals surface area contributed by atoms with Crippen molar-refractivity contribution in [2.45, 2.75) is 19.1 Å². The molecule has 3 heterocycles. The Morgan fingerprint density at radius 3 is 2.89 bits per heavy atom. The van der Waals surface area contributed by atoms with Gasteiger partial charge >= 0.3 is 0 Å². The lowest BCUT2D eigenvalue weighted by Crippen LogP contribution is -2.45. The highest BCUT2D eigenvalue weighted by molar-refractivity contribution is 7.71. The molecule has 0 aliphatic carbocycles. The maximum atomic E-state index is 13.2. The zero-order chi connectivity index (χ0) is 19.7. The number of morpholine rings is 1. The Kier molecular flexibility index (Phi) is 5.63. The van der Waals surface area contributed by atoms with Crippen molar-refractivity contribution in [3.05, 3.63) is 57.1 Å². The van der Waals surface area contributed by atoms with Crippen LogP contribution in [0.4, 0.5) is 0 Å². The lowest BCUT2D eigenvalue weighted by Gasteiger charge is -2.35. The van der Waals surface area contributed by atoms with Crippen LogP contribution in [0.2, 0.25) is 5.02 Å². The molecular formula is C19H19ClN4O2S2. The molecule has 1 aliphatic rings. The summed E-state index contributed by atoms with van der Waals surface area (Å²) in [5, 5.41) is 9.80. The first kappa shape index (κ1) is 19.3. The van der Waals surface area contributed by atoms with Crippen LogP contribution in [0, 0.1) is 4.77 Å². The second-order valence-corrected chi connectivity index (χ2v) is 8.34. The number of nitrogens with one attached hydrogen (secondary N) is 1. The van der Waals surface area contributed by atoms with Gasteiger partial charge in [0.05, 0.1) is 18.0 Å². The summed E-state index contributed by atoms with van der Waals surface area (Å²) in [5.74, 6) is 0.681. The van der Waals surface area contributed by atoms with E-state index in [0.717, 1.165) is 10.4 Å². The second-order valence-electron chi connectivity index (χ2n) is 6.57. The zero-order valence-corrected chi connectivity index (χ0v) is 17.6. The van der Waals surface area contributed by atoms with Gasteiger partial charge in [-0.2, -0.15) is 5.10 Å². The van der Waals surface area contributed by atoms with Crippen LogP contribution >= 0.6 is 35.2 Å². The molecule has 4 rings (SSSR count). The van der Waals surface area contributed by atoms with E-state index in [4.69, 9.17) is 28.6 Å². The smallest absolute Gasteiger partial charge is 0.245 e. The minimum atomic E-state index is -0.465. The van der Waals surface area contributed by atoms with Crippen LogP contribution in [0.15, 0.2) is 41.8 Å². The van der Waals surface area contributed by atoms with E-state index in [2.05, 4.69) is 10.2 Å². The van der Waals surface area contributed by atoms with E-state index < -0.39 is 6.04 Å². The third kappa shape index (κ3) is 3.77. The fraction of sp³-hybridized carbons (Fsp3) is 0.316. The maximum Gasteiger partial charge on any atom is 0.245 e. The normalized spacial score (nSPS) is 18.2. The Morgan fingerprint density at radius 1 is 1.39 bits per heavy atom. The van der Waals surface area contributed by atoms with Crippen molar-refractivity contribution in [1.82, 2.24) is 19.7 Å². The molecule has 0 bridgehead atoms. The molecule has 9 heteroatoms. The van der Waals surface area contributed by atoms with Gasteiger partial charge in [-0.05, 0) is 48.3 Å². The molecule has 2 unspecified atom stereocenters. The summed E-state index contributed by atoms with van der Waals surface area (Å²) >= 11 is 12.9. The van der Waals surface area contributed by atoms with Gasteiger partial charge in [0.1, 0.15) is 12.1 Å². The van der Waals surface area contributed by atoms with E-state index >= 15 is 0 Å². The maximum absolute atomic E-state index is 13.2. The predicted molar refractivity (Wildman–Crippen MR) is 112 cm³/mol. The van der Waals surface area contributed by atoms with Gasteiger partial charge in [0.25, 0.3) is 0 Å². The summed E-state index contributed by atoms with van der Waals surface area (Å²) in [6.07, 6.45) is -0.170. The molecule has 0 radical (unpaired) electrons. The van der Waals surface area contributed by atoms with Gasteiger partial charge in [-0.3, -0.25) is 14.5 Å². The summed E-state index contributed by atoms with van der Waals surface area (Å²) in [5.41, 5.74) is 1.01. The summed E-state index contributed by atoms with van der Waals surface area (Å²) in [6.45, 7) is 3.38. The molecule has 1 amide bonds. The molecular weight excluding hydrogens is 416 g/mol. The molecule has 3 aromatic rings. The average Bonchev–Trinajstić information content (AvgIpc) is 3.37. The number of amides is 1. The average molecular weight is 435 g/mol. The molecule has 6 nitrogen and oxygen atoms in total. The van der Waals surface area contributed by atoms with Crippen LogP contribution in [-0.4, -0.2) is 45.3 Å². The minimum absolute atomic E-state index is 0.00225. The number of thiophene rings is 1. The molecule has 1 aliphatic heterocycles. The first-order chi connectivity index (χ1) is 13.5. The van der Waals surface area contributed by atoms with E-state index in [-0.39, 0.29) is 12.0 Å². The SMILES string of the molecule is CC(C(=O)N1CCOC(c2ccc(Cl)cc2)C1)n1c(-c2cccs2)n[nH]c1=S. The first-order valence-electron chi connectivity index (χ1n) is 8.91. The Labute approximate surface area is 176 Å². The van der Waals surface area contributed by atoms with Gasteiger partial charge in [0.2, 0.25) is 5.91 Å². The van der Waals surface area contributed by atoms with Crippen molar-refractivity contribution in [3.63, 3.8) is 0 Å². The molecule has 1 saturated heterocycles. The highest BCUT2D eigenvalue weighted by Gasteiger charge is 2.30. The van der Waals surface area contributed by atoms with Crippen molar-refractivity contribution in [1.29, 1.82) is 0 Å². The number of ether oxygens (including phenoxy) is 1. The Morgan fingerprint density at radius 2 is 2.18 bits per heavy atom. The topological polar surface area (TPSA) is 63.1 Å². The fourth-order valence-corrected chi connectivity index (χ4v) is 4.47. The number of hydrogen-bond acceptors (Lipinski definition) is 5. The number of carbonyl (C=O) groups excluding carboxylic acids is 1. The van der Waals surface area contributed by atoms with Crippen molar-refractivity contribution >= 4 is 41.1 Å². The quantitative estimate of drug-likeness (QED) is 0.615. The van der Waals surface area contributed by atoms with Crippen LogP contribution in [-0.2, 0) is 9.53 Å². The highest BCUT2D eigenvalue weighted by Crippen LogP contribution is 2.28. The van der Waals surface area contributed by atoms with Crippen molar-refractivity contribution < 1.29 is 9.53 Å². The van der Waals surface area contributed by atoms with Crippen LogP contribution in [0.1, 0.15) is 24.6 Å². The minimum Gasteiger partial charge on any atom is -0.370 e. The molecule has 1 aromatic carbocycles. The van der Waals surface area contributed by atoms with Gasteiger partial charge < -0.3 is 9.64 Å². The molecule has 0 saturated carbocycles. The van der Waals surface area contributed by atoms with Crippen molar-refractivity contribution in [3.8, 4) is 10.7 Å². The Balaban J connectivity index is 1.55. The highest BCUT2D eigenvalue weighted by atomic mass is 35.5. The van der Waals surface area contributed by atoms with E-state index in [9.17, 15) is 4.79 Å². The number of H-pyrrole nitrogens is 1. The molecule has 28 heavy (non-hydrogen) atoms. The number of benzene rings is 1. The molecule has 1 N–H and O–H groups in total. The zero-order valence-electron chi connectivity index (χ0n) is 15.2. The van der Waals surface area contributed by atoms with E-state index in [1.807, 2.05) is 53.6 Å². The summed E-state index contributed by atoms with van der Waals surface area (Å²) in [4.78, 5) is 16.0. The van der Waals surface area contributed by atoms with E-state index in [1.165, 1.54) is 0 Å². The molecule has 146 valence electrons. The third-order valence-electron chi connectivity index (χ3n) is 4.81. The van der Waals surface area contributed by atoms with Gasteiger partial charge in [-0.1, -0.05) is 29.8 Å². The molecule has 1 fully saturated rings. The monoisotopic (exact) mass is 434 g/mol. The second kappa shape index (κ2) is 8.16. The van der Waals surface area contributed by atoms with Gasteiger partial charge in [-0.15, -0.1) is 11.3 Å². The summed E-state index contributed by atoms with van der Waals surface area (Å²) < 4.78 is 8.10. The van der Waals surface area contributed by atoms with Crippen LogP contribution in [0.3, 0.4) is 0 Å². The predicted octanol–water partition coefficient (Wildman–Crippen LogP) is 4.48. The number of aromatic amines is 1. The molecule has 0 spiro atoms. The summed E-state index contributed by atoms with van der Waals surface area (Å²) in [7, 11) is 0. The fourth-order valence-electron chi connectivity index (χ4n) is 3.35. The third-order valence-corrected chi connectivity index (χ3v) is 6.22. The first-order valence-corrected chi connectivity index (χ1v) is 10.6. The van der Waals surface area contributed by atoms with Crippen LogP contribution in [0.25, 0.3) is 10.7 Å². The van der Waals surface area contributed by atoms with Gasteiger partial charge in [0, 0.05) is 11.6 Å². The van der Waals surface area contributed by atoms with E-state index in [0.29, 0.717) is 35.3 Å². The van der Waals surface area contributed by atoms with Gasteiger partial charge in [-0.25, -0.2) is 0 Å². The lowest BCUT2D eigenvalue weighted by molar-refractivity contribution is -0.142. The van der Waals surface area contributed by atoms with Crippen molar-refractivity contribution in [2.75, 3.05) is 19.7 Å². The van der Waals surface area contributed by atoms with Crippen LogP contribution in [0.5, 0.6) is 0 Å². The number of rotatable bonds is 4. The standard InChI is InChI=1S/C19H19ClN4O2S2/c1-12(24-17(21-22-19(24)27)16-3-2-10-28-16)18(25)23-8-9-26-15(11-23)13-4-6-14(20)7-5-13/h2-7,10,12,15H,8-9,11H2,1H3,(H,22,27). The lowest BCUT2D eigenvalue weighted by atomic mass is 10.1. The Hall–Kier alpha value is -2.00. The van der Waals surface area contributed by atoms with Crippen LogP contribution < -0.4 is 0 Å². The number of carbonyl (C=O) groups is 1. The molecule has 2 atom stereocenters. The molecule has 2 aromatic heterocycles. The van der Waals surface area contributed by atoms with Gasteiger partial charge in [0.15, 0.2) is 10.6 Å². The van der Waals surface area contributed by atoms with Crippen molar-refractivity contribution in [2.24, 2.45) is 0 Å².